The molecule has 0 atom stereocenters. The molecule has 1 aliphatic rings. The molecule has 2 nitrogen and oxygen atoms in total. The minimum absolute atomic E-state index is 0.0675. The van der Waals surface area contributed by atoms with E-state index in [4.69, 9.17) is 9.97 Å². The van der Waals surface area contributed by atoms with Crippen molar-refractivity contribution in [3.63, 3.8) is 0 Å². The molecule has 0 fully saturated rings. The molecule has 61 heavy (non-hydrogen) atoms. The molecule has 0 radical (unpaired) electrons. The van der Waals surface area contributed by atoms with Gasteiger partial charge in [0.15, 0.2) is 5.82 Å². The number of benzene rings is 10. The van der Waals surface area contributed by atoms with Gasteiger partial charge in [0.2, 0.25) is 0 Å². The number of rotatable bonds is 5. The zero-order valence-corrected chi connectivity index (χ0v) is 34.0. The predicted molar refractivity (Wildman–Crippen MR) is 257 cm³/mol. The third-order valence-corrected chi connectivity index (χ3v) is 13.1. The van der Waals surface area contributed by atoms with E-state index < -0.39 is 0 Å². The molecule has 1 aromatic heterocycles. The van der Waals surface area contributed by atoms with Crippen LogP contribution in [0.4, 0.5) is 0 Å². The van der Waals surface area contributed by atoms with Crippen LogP contribution >= 0.6 is 0 Å². The van der Waals surface area contributed by atoms with Crippen LogP contribution in [0.1, 0.15) is 25.0 Å². The Balaban J connectivity index is 1.12. The Morgan fingerprint density at radius 3 is 1.67 bits per heavy atom. The first-order valence-electron chi connectivity index (χ1n) is 21.2. The molecule has 0 spiro atoms. The maximum Gasteiger partial charge on any atom is 0.160 e. The topological polar surface area (TPSA) is 25.8 Å². The Kier molecular flexibility index (Phi) is 7.92. The largest absolute Gasteiger partial charge is 0.228 e. The molecule has 1 heterocycles. The second-order valence-electron chi connectivity index (χ2n) is 16.8. The number of aromatic nitrogens is 2. The van der Waals surface area contributed by atoms with Crippen LogP contribution < -0.4 is 0 Å². The van der Waals surface area contributed by atoms with Gasteiger partial charge in [-0.25, -0.2) is 9.97 Å². The Morgan fingerprint density at radius 1 is 0.328 bits per heavy atom. The first kappa shape index (κ1) is 35.3. The van der Waals surface area contributed by atoms with E-state index in [0.29, 0.717) is 5.82 Å². The lowest BCUT2D eigenvalue weighted by atomic mass is 9.82. The number of fused-ring (bicyclic) bond motifs is 8. The summed E-state index contributed by atoms with van der Waals surface area (Å²) in [6, 6.07) is 75.0. The van der Waals surface area contributed by atoms with Crippen molar-refractivity contribution in [1.82, 2.24) is 9.97 Å². The van der Waals surface area contributed by atoms with E-state index in [0.717, 1.165) is 33.5 Å². The summed E-state index contributed by atoms with van der Waals surface area (Å²) in [5.41, 5.74) is 15.1. The smallest absolute Gasteiger partial charge is 0.160 e. The third kappa shape index (κ3) is 5.49. The molecular weight excluding hydrogens is 737 g/mol. The summed E-state index contributed by atoms with van der Waals surface area (Å²) >= 11 is 0. The van der Waals surface area contributed by atoms with Crippen molar-refractivity contribution in [2.24, 2.45) is 0 Å². The Hall–Kier alpha value is -7.68. The van der Waals surface area contributed by atoms with Crippen molar-refractivity contribution in [2.75, 3.05) is 0 Å². The molecule has 0 unspecified atom stereocenters. The van der Waals surface area contributed by atoms with Gasteiger partial charge < -0.3 is 0 Å². The van der Waals surface area contributed by atoms with E-state index in [-0.39, 0.29) is 5.41 Å². The molecule has 12 rings (SSSR count). The van der Waals surface area contributed by atoms with Crippen LogP contribution in [0.5, 0.6) is 0 Å². The summed E-state index contributed by atoms with van der Waals surface area (Å²) in [5, 5.41) is 9.81. The number of hydrogen-bond donors (Lipinski definition) is 0. The van der Waals surface area contributed by atoms with Gasteiger partial charge in [-0.3, -0.25) is 0 Å². The van der Waals surface area contributed by atoms with E-state index in [1.807, 2.05) is 6.07 Å². The zero-order valence-electron chi connectivity index (χ0n) is 34.0. The van der Waals surface area contributed by atoms with Gasteiger partial charge in [0.1, 0.15) is 0 Å². The summed E-state index contributed by atoms with van der Waals surface area (Å²) in [4.78, 5) is 10.6. The fourth-order valence-electron chi connectivity index (χ4n) is 10.2. The fourth-order valence-corrected chi connectivity index (χ4v) is 10.2. The van der Waals surface area contributed by atoms with Crippen LogP contribution in [0.15, 0.2) is 206 Å². The van der Waals surface area contributed by atoms with Gasteiger partial charge in [0, 0.05) is 22.1 Å². The quantitative estimate of drug-likeness (QED) is 0.128. The van der Waals surface area contributed by atoms with Gasteiger partial charge in [-0.15, -0.1) is 0 Å². The van der Waals surface area contributed by atoms with Crippen molar-refractivity contribution >= 4 is 43.1 Å². The Morgan fingerprint density at radius 2 is 0.902 bits per heavy atom. The van der Waals surface area contributed by atoms with Crippen LogP contribution in [-0.2, 0) is 5.41 Å². The van der Waals surface area contributed by atoms with Gasteiger partial charge in [0.05, 0.1) is 11.4 Å². The van der Waals surface area contributed by atoms with E-state index in [1.54, 1.807) is 0 Å². The first-order chi connectivity index (χ1) is 30.0. The summed E-state index contributed by atoms with van der Waals surface area (Å²) in [6.45, 7) is 4.66. The van der Waals surface area contributed by atoms with Crippen molar-refractivity contribution in [3.8, 4) is 67.3 Å². The highest BCUT2D eigenvalue weighted by Gasteiger charge is 2.35. The average Bonchev–Trinajstić information content (AvgIpc) is 3.55. The standard InChI is InChI=1S/C59H40N2/c1-59(2)51-28-16-15-25-44(51)50-35-40(30-34-52(50)59)53-36-54(61-58(60-53)39-20-7-4-8-21-39)45-32-33-48(43-24-12-11-23-42(43)45)57-47-27-14-13-26-46(47)55(38-18-5-3-6-19-38)49-31-29-37-17-9-10-22-41(37)56(49)57/h3-36H,1-2H3. The molecule has 1 aliphatic carbocycles. The molecule has 0 saturated carbocycles. The molecule has 0 saturated heterocycles. The highest BCUT2D eigenvalue weighted by atomic mass is 14.9. The maximum absolute atomic E-state index is 5.36. The molecule has 10 aromatic carbocycles. The molecular formula is C59H40N2. The monoisotopic (exact) mass is 776 g/mol. The second kappa shape index (κ2) is 13.7. The molecule has 286 valence electrons. The van der Waals surface area contributed by atoms with Gasteiger partial charge in [-0.1, -0.05) is 208 Å². The summed E-state index contributed by atoms with van der Waals surface area (Å²) in [5.74, 6) is 0.711. The summed E-state index contributed by atoms with van der Waals surface area (Å²) in [6.07, 6.45) is 0. The third-order valence-electron chi connectivity index (χ3n) is 13.1. The highest BCUT2D eigenvalue weighted by Crippen LogP contribution is 2.51. The lowest BCUT2D eigenvalue weighted by molar-refractivity contribution is 0.660. The SMILES string of the molecule is CC1(C)c2ccccc2-c2cc(-c3cc(-c4ccc(-c5c6ccccc6c(-c6ccccc6)c6ccc7ccccc7c56)c5ccccc45)nc(-c4ccccc4)n3)ccc21. The van der Waals surface area contributed by atoms with E-state index in [9.17, 15) is 0 Å². The van der Waals surface area contributed by atoms with E-state index in [2.05, 4.69) is 214 Å². The first-order valence-corrected chi connectivity index (χ1v) is 21.2. The molecule has 0 bridgehead atoms. The van der Waals surface area contributed by atoms with Gasteiger partial charge in [0.25, 0.3) is 0 Å². The fraction of sp³-hybridized carbons (Fsp3) is 0.0508. The van der Waals surface area contributed by atoms with Crippen molar-refractivity contribution in [1.29, 1.82) is 0 Å². The predicted octanol–water partition coefficient (Wildman–Crippen LogP) is 15.7. The summed E-state index contributed by atoms with van der Waals surface area (Å²) < 4.78 is 0. The van der Waals surface area contributed by atoms with Crippen LogP contribution in [0.25, 0.3) is 110 Å². The normalized spacial score (nSPS) is 12.9. The molecule has 2 heteroatoms. The van der Waals surface area contributed by atoms with Crippen molar-refractivity contribution in [2.45, 2.75) is 19.3 Å². The average molecular weight is 777 g/mol. The molecule has 0 aliphatic heterocycles. The van der Waals surface area contributed by atoms with Crippen molar-refractivity contribution in [3.05, 3.63) is 217 Å². The van der Waals surface area contributed by atoms with Crippen LogP contribution in [0.2, 0.25) is 0 Å². The minimum Gasteiger partial charge on any atom is -0.228 e. The van der Waals surface area contributed by atoms with Gasteiger partial charge in [-0.2, -0.15) is 0 Å². The molecule has 0 amide bonds. The van der Waals surface area contributed by atoms with E-state index >= 15 is 0 Å². The number of nitrogens with zero attached hydrogens (tertiary/aromatic N) is 2. The van der Waals surface area contributed by atoms with Crippen LogP contribution in [-0.4, -0.2) is 9.97 Å². The Bertz CT molecular complexity index is 3550. The van der Waals surface area contributed by atoms with Crippen LogP contribution in [0.3, 0.4) is 0 Å². The zero-order chi connectivity index (χ0) is 40.7. The lowest BCUT2D eigenvalue weighted by Crippen LogP contribution is -2.14. The molecule has 11 aromatic rings. The number of hydrogen-bond acceptors (Lipinski definition) is 2. The summed E-state index contributed by atoms with van der Waals surface area (Å²) in [7, 11) is 0. The van der Waals surface area contributed by atoms with Gasteiger partial charge >= 0.3 is 0 Å². The lowest BCUT2D eigenvalue weighted by Gasteiger charge is -2.21. The van der Waals surface area contributed by atoms with Crippen LogP contribution in [0, 0.1) is 0 Å². The maximum atomic E-state index is 5.36. The van der Waals surface area contributed by atoms with E-state index in [1.165, 1.54) is 82.2 Å². The van der Waals surface area contributed by atoms with Crippen molar-refractivity contribution < 1.29 is 0 Å². The Labute approximate surface area is 355 Å². The van der Waals surface area contributed by atoms with Gasteiger partial charge in [-0.05, 0) is 99.7 Å². The molecule has 0 N–H and O–H groups in total. The highest BCUT2D eigenvalue weighted by molar-refractivity contribution is 6.29. The second-order valence-corrected chi connectivity index (χ2v) is 16.8. The minimum atomic E-state index is -0.0675.